The Morgan fingerprint density at radius 3 is 2.85 bits per heavy atom. The summed E-state index contributed by atoms with van der Waals surface area (Å²) in [6.45, 7) is 0. The molecular formula is C9H8BrN3. The molecule has 13 heavy (non-hydrogen) atoms. The fourth-order valence-corrected chi connectivity index (χ4v) is 1.47. The maximum Gasteiger partial charge on any atom is 0.106 e. The highest BCUT2D eigenvalue weighted by Gasteiger charge is 2.01. The number of rotatable bonds is 1. The van der Waals surface area contributed by atoms with Crippen LogP contribution in [0.25, 0.3) is 11.3 Å². The first-order valence-corrected chi connectivity index (χ1v) is 4.66. The van der Waals surface area contributed by atoms with E-state index < -0.39 is 0 Å². The van der Waals surface area contributed by atoms with E-state index in [1.807, 2.05) is 31.4 Å². The van der Waals surface area contributed by atoms with Crippen molar-refractivity contribution in [2.75, 3.05) is 0 Å². The maximum atomic E-state index is 4.32. The van der Waals surface area contributed by atoms with Gasteiger partial charge in [0.2, 0.25) is 0 Å². The van der Waals surface area contributed by atoms with E-state index in [1.54, 1.807) is 10.9 Å². The molecule has 4 heteroatoms. The molecule has 2 rings (SSSR count). The Morgan fingerprint density at radius 2 is 2.23 bits per heavy atom. The SMILES string of the molecule is Cn1cc(-c2cccc(Br)n2)cn1. The van der Waals surface area contributed by atoms with E-state index in [1.165, 1.54) is 0 Å². The third-order valence-corrected chi connectivity index (χ3v) is 2.16. The van der Waals surface area contributed by atoms with Crippen LogP contribution in [0.4, 0.5) is 0 Å². The van der Waals surface area contributed by atoms with E-state index in [-0.39, 0.29) is 0 Å². The molecule has 66 valence electrons. The van der Waals surface area contributed by atoms with Crippen LogP contribution in [0.1, 0.15) is 0 Å². The second-order valence-electron chi connectivity index (χ2n) is 2.75. The lowest BCUT2D eigenvalue weighted by atomic mass is 10.2. The van der Waals surface area contributed by atoms with Gasteiger partial charge >= 0.3 is 0 Å². The van der Waals surface area contributed by atoms with Crippen LogP contribution in [0.5, 0.6) is 0 Å². The topological polar surface area (TPSA) is 30.7 Å². The molecule has 0 bridgehead atoms. The quantitative estimate of drug-likeness (QED) is 0.713. The second-order valence-corrected chi connectivity index (χ2v) is 3.56. The number of nitrogens with zero attached hydrogens (tertiary/aromatic N) is 3. The molecule has 0 aliphatic rings. The zero-order chi connectivity index (χ0) is 9.26. The molecule has 0 radical (unpaired) electrons. The van der Waals surface area contributed by atoms with E-state index in [2.05, 4.69) is 26.0 Å². The van der Waals surface area contributed by atoms with Crippen LogP contribution in [0.3, 0.4) is 0 Å². The number of hydrogen-bond donors (Lipinski definition) is 0. The van der Waals surface area contributed by atoms with E-state index in [0.717, 1.165) is 15.9 Å². The summed E-state index contributed by atoms with van der Waals surface area (Å²) >= 11 is 3.33. The zero-order valence-corrected chi connectivity index (χ0v) is 8.69. The van der Waals surface area contributed by atoms with Crippen molar-refractivity contribution in [1.29, 1.82) is 0 Å². The molecule has 0 unspecified atom stereocenters. The zero-order valence-electron chi connectivity index (χ0n) is 7.11. The second kappa shape index (κ2) is 3.30. The maximum absolute atomic E-state index is 4.32. The predicted octanol–water partition coefficient (Wildman–Crippen LogP) is 2.24. The van der Waals surface area contributed by atoms with Gasteiger partial charge in [-0.15, -0.1) is 0 Å². The summed E-state index contributed by atoms with van der Waals surface area (Å²) < 4.78 is 2.60. The summed E-state index contributed by atoms with van der Waals surface area (Å²) in [5.41, 5.74) is 1.96. The number of aromatic nitrogens is 3. The molecular weight excluding hydrogens is 230 g/mol. The van der Waals surface area contributed by atoms with Crippen LogP contribution in [-0.4, -0.2) is 14.8 Å². The molecule has 2 aromatic heterocycles. The van der Waals surface area contributed by atoms with Gasteiger partial charge in [0.15, 0.2) is 0 Å². The Bertz CT molecular complexity index is 422. The van der Waals surface area contributed by atoms with Gasteiger partial charge in [0.05, 0.1) is 11.9 Å². The van der Waals surface area contributed by atoms with Crippen LogP contribution in [0.2, 0.25) is 0 Å². The molecule has 3 nitrogen and oxygen atoms in total. The predicted molar refractivity (Wildman–Crippen MR) is 54.1 cm³/mol. The largest absolute Gasteiger partial charge is 0.275 e. The first-order valence-electron chi connectivity index (χ1n) is 3.87. The van der Waals surface area contributed by atoms with E-state index in [0.29, 0.717) is 0 Å². The average molecular weight is 238 g/mol. The summed E-state index contributed by atoms with van der Waals surface area (Å²) in [7, 11) is 1.89. The van der Waals surface area contributed by atoms with Gasteiger partial charge in [-0.25, -0.2) is 4.98 Å². The summed E-state index contributed by atoms with van der Waals surface area (Å²) in [4.78, 5) is 4.32. The molecule has 0 spiro atoms. The molecule has 0 atom stereocenters. The van der Waals surface area contributed by atoms with Crippen molar-refractivity contribution in [2.45, 2.75) is 0 Å². The van der Waals surface area contributed by atoms with Crippen LogP contribution < -0.4 is 0 Å². The number of aryl methyl sites for hydroxylation is 1. The Hall–Kier alpha value is -1.16. The van der Waals surface area contributed by atoms with Gasteiger partial charge in [0, 0.05) is 18.8 Å². The van der Waals surface area contributed by atoms with Gasteiger partial charge in [-0.1, -0.05) is 6.07 Å². The molecule has 2 aromatic rings. The molecule has 0 aromatic carbocycles. The highest BCUT2D eigenvalue weighted by atomic mass is 79.9. The van der Waals surface area contributed by atoms with Crippen molar-refractivity contribution >= 4 is 15.9 Å². The molecule has 0 amide bonds. The van der Waals surface area contributed by atoms with E-state index >= 15 is 0 Å². The lowest BCUT2D eigenvalue weighted by molar-refractivity contribution is 0.768. The van der Waals surface area contributed by atoms with E-state index in [9.17, 15) is 0 Å². The molecule has 2 heterocycles. The number of hydrogen-bond acceptors (Lipinski definition) is 2. The van der Waals surface area contributed by atoms with E-state index in [4.69, 9.17) is 0 Å². The fraction of sp³-hybridized carbons (Fsp3) is 0.111. The van der Waals surface area contributed by atoms with Crippen LogP contribution in [0.15, 0.2) is 35.2 Å². The molecule has 0 aliphatic heterocycles. The lowest BCUT2D eigenvalue weighted by Gasteiger charge is -1.95. The first-order chi connectivity index (χ1) is 6.25. The Kier molecular flexibility index (Phi) is 2.14. The van der Waals surface area contributed by atoms with Crippen molar-refractivity contribution in [3.05, 3.63) is 35.2 Å². The standard InChI is InChI=1S/C9H8BrN3/c1-13-6-7(5-11-13)8-3-2-4-9(10)12-8/h2-6H,1H3. The van der Waals surface area contributed by atoms with Gasteiger partial charge in [-0.2, -0.15) is 5.10 Å². The van der Waals surface area contributed by atoms with Crippen molar-refractivity contribution in [3.63, 3.8) is 0 Å². The van der Waals surface area contributed by atoms with Gasteiger partial charge in [0.25, 0.3) is 0 Å². The van der Waals surface area contributed by atoms with Gasteiger partial charge in [-0.3, -0.25) is 4.68 Å². The molecule has 0 N–H and O–H groups in total. The third kappa shape index (κ3) is 1.78. The highest BCUT2D eigenvalue weighted by molar-refractivity contribution is 9.10. The monoisotopic (exact) mass is 237 g/mol. The van der Waals surface area contributed by atoms with Crippen molar-refractivity contribution < 1.29 is 0 Å². The Morgan fingerprint density at radius 1 is 1.38 bits per heavy atom. The molecule has 0 fully saturated rings. The highest BCUT2D eigenvalue weighted by Crippen LogP contribution is 2.17. The minimum Gasteiger partial charge on any atom is -0.275 e. The summed E-state index contributed by atoms with van der Waals surface area (Å²) in [5, 5.41) is 4.08. The number of halogens is 1. The molecule has 0 saturated heterocycles. The van der Waals surface area contributed by atoms with Crippen molar-refractivity contribution in [1.82, 2.24) is 14.8 Å². The van der Waals surface area contributed by atoms with Gasteiger partial charge in [0.1, 0.15) is 4.60 Å². The Balaban J connectivity index is 2.46. The Labute approximate surface area is 84.5 Å². The minimum absolute atomic E-state index is 0.842. The smallest absolute Gasteiger partial charge is 0.106 e. The molecule has 0 aliphatic carbocycles. The van der Waals surface area contributed by atoms with Crippen LogP contribution >= 0.6 is 15.9 Å². The van der Waals surface area contributed by atoms with Gasteiger partial charge in [-0.05, 0) is 28.1 Å². The average Bonchev–Trinajstić information content (AvgIpc) is 2.52. The molecule has 0 saturated carbocycles. The normalized spacial score (nSPS) is 10.3. The van der Waals surface area contributed by atoms with Gasteiger partial charge < -0.3 is 0 Å². The summed E-state index contributed by atoms with van der Waals surface area (Å²) in [6, 6.07) is 5.82. The van der Waals surface area contributed by atoms with Crippen LogP contribution in [-0.2, 0) is 7.05 Å². The van der Waals surface area contributed by atoms with Crippen molar-refractivity contribution in [2.24, 2.45) is 7.05 Å². The summed E-state index contributed by atoms with van der Waals surface area (Å²) in [6.07, 6.45) is 3.74. The third-order valence-electron chi connectivity index (χ3n) is 1.72. The number of pyridine rings is 1. The first kappa shape index (κ1) is 8.44. The lowest BCUT2D eigenvalue weighted by Crippen LogP contribution is -1.84. The van der Waals surface area contributed by atoms with Crippen molar-refractivity contribution in [3.8, 4) is 11.3 Å². The fourth-order valence-electron chi connectivity index (χ4n) is 1.12. The minimum atomic E-state index is 0.842. The van der Waals surface area contributed by atoms with Crippen LogP contribution in [0, 0.1) is 0 Å². The summed E-state index contributed by atoms with van der Waals surface area (Å²) in [5.74, 6) is 0.